The lowest BCUT2D eigenvalue weighted by molar-refractivity contribution is 0.625. The predicted molar refractivity (Wildman–Crippen MR) is 65.9 cm³/mol. The van der Waals surface area contributed by atoms with E-state index in [0.29, 0.717) is 5.69 Å². The highest BCUT2D eigenvalue weighted by Crippen LogP contribution is 2.20. The summed E-state index contributed by atoms with van der Waals surface area (Å²) in [5, 5.41) is 5.06. The van der Waals surface area contributed by atoms with E-state index in [1.165, 1.54) is 12.1 Å². The Labute approximate surface area is 106 Å². The number of halogens is 3. The van der Waals surface area contributed by atoms with Crippen LogP contribution in [-0.4, -0.2) is 9.78 Å². The van der Waals surface area contributed by atoms with Crippen LogP contribution < -0.4 is 0 Å². The van der Waals surface area contributed by atoms with Crippen LogP contribution in [0, 0.1) is 12.7 Å². The van der Waals surface area contributed by atoms with Gasteiger partial charge < -0.3 is 0 Å². The van der Waals surface area contributed by atoms with Gasteiger partial charge in [-0.25, -0.2) is 9.07 Å². The first-order chi connectivity index (χ1) is 7.63. The fourth-order valence-corrected chi connectivity index (χ4v) is 2.12. The smallest absolute Gasteiger partial charge is 0.143 e. The van der Waals surface area contributed by atoms with E-state index >= 15 is 0 Å². The second-order valence-corrected chi connectivity index (χ2v) is 4.37. The lowest BCUT2D eigenvalue weighted by Gasteiger charge is -2.05. The molecule has 0 aliphatic rings. The van der Waals surface area contributed by atoms with Crippen LogP contribution in [0.2, 0.25) is 5.02 Å². The van der Waals surface area contributed by atoms with Crippen molar-refractivity contribution >= 4 is 27.5 Å². The van der Waals surface area contributed by atoms with Crippen LogP contribution in [-0.2, 0) is 5.33 Å². The summed E-state index contributed by atoms with van der Waals surface area (Å²) in [4.78, 5) is 0. The van der Waals surface area contributed by atoms with Crippen molar-refractivity contribution in [2.75, 3.05) is 0 Å². The molecule has 0 aliphatic carbocycles. The molecule has 0 radical (unpaired) electrons. The number of hydrogen-bond donors (Lipinski definition) is 0. The predicted octanol–water partition coefficient (Wildman–Crippen LogP) is 3.87. The quantitative estimate of drug-likeness (QED) is 0.770. The van der Waals surface area contributed by atoms with Crippen LogP contribution in [0.5, 0.6) is 0 Å². The van der Waals surface area contributed by atoms with E-state index in [-0.39, 0.29) is 5.02 Å². The van der Waals surface area contributed by atoms with E-state index in [1.54, 1.807) is 16.9 Å². The molecule has 0 atom stereocenters. The molecule has 0 N–H and O–H groups in total. The van der Waals surface area contributed by atoms with Gasteiger partial charge in [0.25, 0.3) is 0 Å². The molecule has 84 valence electrons. The molecule has 1 aromatic carbocycles. The molecular formula is C11H9BrClFN2. The average molecular weight is 304 g/mol. The highest BCUT2D eigenvalue weighted by Gasteiger charge is 2.08. The van der Waals surface area contributed by atoms with Gasteiger partial charge in [-0.2, -0.15) is 5.10 Å². The van der Waals surface area contributed by atoms with Crippen molar-refractivity contribution < 1.29 is 4.39 Å². The SMILES string of the molecule is Cc1c(CBr)cnn1-c1ccc(Cl)c(F)c1. The van der Waals surface area contributed by atoms with Gasteiger partial charge in [0.2, 0.25) is 0 Å². The van der Waals surface area contributed by atoms with Gasteiger partial charge >= 0.3 is 0 Å². The molecule has 2 aromatic rings. The maximum absolute atomic E-state index is 13.3. The van der Waals surface area contributed by atoms with Crippen LogP contribution in [0.1, 0.15) is 11.3 Å². The normalized spacial score (nSPS) is 10.8. The molecule has 1 aromatic heterocycles. The largest absolute Gasteiger partial charge is 0.238 e. The monoisotopic (exact) mass is 302 g/mol. The van der Waals surface area contributed by atoms with Crippen molar-refractivity contribution in [3.63, 3.8) is 0 Å². The zero-order valence-electron chi connectivity index (χ0n) is 8.54. The van der Waals surface area contributed by atoms with E-state index in [2.05, 4.69) is 21.0 Å². The Morgan fingerprint density at radius 3 is 2.81 bits per heavy atom. The molecule has 0 saturated carbocycles. The minimum atomic E-state index is -0.436. The summed E-state index contributed by atoms with van der Waals surface area (Å²) < 4.78 is 15.0. The zero-order valence-corrected chi connectivity index (χ0v) is 10.9. The van der Waals surface area contributed by atoms with E-state index in [9.17, 15) is 4.39 Å². The molecule has 0 saturated heterocycles. The minimum absolute atomic E-state index is 0.120. The Morgan fingerprint density at radius 2 is 2.25 bits per heavy atom. The van der Waals surface area contributed by atoms with Crippen LogP contribution in [0.3, 0.4) is 0 Å². The Morgan fingerprint density at radius 1 is 1.50 bits per heavy atom. The zero-order chi connectivity index (χ0) is 11.7. The molecule has 5 heteroatoms. The van der Waals surface area contributed by atoms with Gasteiger partial charge in [-0.3, -0.25) is 0 Å². The van der Waals surface area contributed by atoms with Crippen molar-refractivity contribution in [2.24, 2.45) is 0 Å². The fraction of sp³-hybridized carbons (Fsp3) is 0.182. The minimum Gasteiger partial charge on any atom is -0.238 e. The summed E-state index contributed by atoms with van der Waals surface area (Å²) >= 11 is 9.00. The Bertz CT molecular complexity index is 525. The van der Waals surface area contributed by atoms with E-state index in [4.69, 9.17) is 11.6 Å². The first kappa shape index (κ1) is 11.6. The van der Waals surface area contributed by atoms with Gasteiger partial charge in [0.05, 0.1) is 16.9 Å². The molecule has 0 fully saturated rings. The second kappa shape index (κ2) is 4.55. The van der Waals surface area contributed by atoms with E-state index in [0.717, 1.165) is 16.6 Å². The van der Waals surface area contributed by atoms with Crippen LogP contribution in [0.15, 0.2) is 24.4 Å². The van der Waals surface area contributed by atoms with Crippen LogP contribution >= 0.6 is 27.5 Å². The molecule has 0 amide bonds. The summed E-state index contributed by atoms with van der Waals surface area (Å²) in [5.41, 5.74) is 2.74. The van der Waals surface area contributed by atoms with Gasteiger partial charge in [0, 0.05) is 22.7 Å². The number of rotatable bonds is 2. The molecular weight excluding hydrogens is 294 g/mol. The van der Waals surface area contributed by atoms with Crippen molar-refractivity contribution in [1.29, 1.82) is 0 Å². The number of benzene rings is 1. The first-order valence-electron chi connectivity index (χ1n) is 4.68. The average Bonchev–Trinajstić information content (AvgIpc) is 2.64. The van der Waals surface area contributed by atoms with Gasteiger partial charge in [-0.15, -0.1) is 0 Å². The molecule has 0 aliphatic heterocycles. The maximum Gasteiger partial charge on any atom is 0.143 e. The van der Waals surface area contributed by atoms with E-state index < -0.39 is 5.82 Å². The number of hydrogen-bond acceptors (Lipinski definition) is 1. The van der Waals surface area contributed by atoms with Crippen molar-refractivity contribution in [1.82, 2.24) is 9.78 Å². The van der Waals surface area contributed by atoms with Crippen molar-refractivity contribution in [3.05, 3.63) is 46.5 Å². The first-order valence-corrected chi connectivity index (χ1v) is 6.18. The molecule has 2 rings (SSSR count). The van der Waals surface area contributed by atoms with Gasteiger partial charge in [-0.1, -0.05) is 27.5 Å². The fourth-order valence-electron chi connectivity index (χ4n) is 1.45. The van der Waals surface area contributed by atoms with Crippen LogP contribution in [0.4, 0.5) is 4.39 Å². The van der Waals surface area contributed by atoms with Crippen molar-refractivity contribution in [2.45, 2.75) is 12.3 Å². The number of alkyl halides is 1. The molecule has 0 spiro atoms. The Balaban J connectivity index is 2.50. The standard InChI is InChI=1S/C11H9BrClFN2/c1-7-8(5-12)6-15-16(7)9-2-3-10(13)11(14)4-9/h2-4,6H,5H2,1H3. The molecule has 16 heavy (non-hydrogen) atoms. The highest BCUT2D eigenvalue weighted by atomic mass is 79.9. The lowest BCUT2D eigenvalue weighted by atomic mass is 10.2. The third-order valence-corrected chi connectivity index (χ3v) is 3.31. The van der Waals surface area contributed by atoms with Crippen LogP contribution in [0.25, 0.3) is 5.69 Å². The summed E-state index contributed by atoms with van der Waals surface area (Å²) in [6.45, 7) is 1.94. The van der Waals surface area contributed by atoms with Crippen molar-refractivity contribution in [3.8, 4) is 5.69 Å². The topological polar surface area (TPSA) is 17.8 Å². The highest BCUT2D eigenvalue weighted by molar-refractivity contribution is 9.08. The maximum atomic E-state index is 13.3. The summed E-state index contributed by atoms with van der Waals surface area (Å²) in [5.74, 6) is -0.436. The second-order valence-electron chi connectivity index (χ2n) is 3.40. The number of aromatic nitrogens is 2. The van der Waals surface area contributed by atoms with E-state index in [1.807, 2.05) is 6.92 Å². The number of nitrogens with zero attached hydrogens (tertiary/aromatic N) is 2. The lowest BCUT2D eigenvalue weighted by Crippen LogP contribution is -1.99. The third-order valence-electron chi connectivity index (χ3n) is 2.40. The van der Waals surface area contributed by atoms with Gasteiger partial charge in [0.1, 0.15) is 5.82 Å². The summed E-state index contributed by atoms with van der Waals surface area (Å²) in [7, 11) is 0. The molecule has 0 bridgehead atoms. The van der Waals surface area contributed by atoms with Gasteiger partial charge in [-0.05, 0) is 19.1 Å². The van der Waals surface area contributed by atoms with Gasteiger partial charge in [0.15, 0.2) is 0 Å². The molecule has 2 nitrogen and oxygen atoms in total. The summed E-state index contributed by atoms with van der Waals surface area (Å²) in [6, 6.07) is 4.64. The summed E-state index contributed by atoms with van der Waals surface area (Å²) in [6.07, 6.45) is 1.76. The Kier molecular flexibility index (Phi) is 3.30. The Hall–Kier alpha value is -0.870. The molecule has 0 unspecified atom stereocenters. The third kappa shape index (κ3) is 1.99. The molecule has 1 heterocycles.